The molecule has 42 heavy (non-hydrogen) atoms. The average Bonchev–Trinajstić information content (AvgIpc) is 3.02. The highest BCUT2D eigenvalue weighted by atomic mass is 16.5. The third-order valence-electron chi connectivity index (χ3n) is 7.15. The van der Waals surface area contributed by atoms with Crippen LogP contribution in [0.15, 0.2) is 84.5 Å². The number of aliphatic hydroxyl groups is 2. The van der Waals surface area contributed by atoms with E-state index in [-0.39, 0.29) is 18.1 Å². The lowest BCUT2D eigenvalue weighted by atomic mass is 9.94. The number of methoxy groups -OCH3 is 2. The van der Waals surface area contributed by atoms with Crippen LogP contribution in [0.2, 0.25) is 0 Å². The highest BCUT2D eigenvalue weighted by Crippen LogP contribution is 2.21. The zero-order valence-corrected chi connectivity index (χ0v) is 26.0. The third kappa shape index (κ3) is 12.3. The van der Waals surface area contributed by atoms with Gasteiger partial charge in [0.05, 0.1) is 45.7 Å². The van der Waals surface area contributed by atoms with Gasteiger partial charge in [0, 0.05) is 5.92 Å². The molecule has 2 N–H and O–H groups in total. The van der Waals surface area contributed by atoms with Crippen LogP contribution in [0.5, 0.6) is 11.5 Å². The Labute approximate surface area is 252 Å². The molecule has 0 aliphatic heterocycles. The molecule has 0 aromatic heterocycles. The van der Waals surface area contributed by atoms with E-state index in [1.165, 1.54) is 0 Å². The summed E-state index contributed by atoms with van der Waals surface area (Å²) in [6.45, 7) is 12.5. The van der Waals surface area contributed by atoms with Gasteiger partial charge in [0.1, 0.15) is 17.6 Å². The summed E-state index contributed by atoms with van der Waals surface area (Å²) in [6.07, 6.45) is 5.62. The van der Waals surface area contributed by atoms with E-state index in [0.717, 1.165) is 40.2 Å². The highest BCUT2D eigenvalue weighted by Gasteiger charge is 2.17. The van der Waals surface area contributed by atoms with Crippen LogP contribution in [0, 0.1) is 17.8 Å². The van der Waals surface area contributed by atoms with Gasteiger partial charge in [-0.2, -0.15) is 0 Å². The van der Waals surface area contributed by atoms with E-state index in [2.05, 4.69) is 24.5 Å². The first-order valence-electron chi connectivity index (χ1n) is 14.5. The van der Waals surface area contributed by atoms with Gasteiger partial charge in [0.15, 0.2) is 0 Å². The van der Waals surface area contributed by atoms with E-state index < -0.39 is 12.2 Å². The molecule has 5 atom stereocenters. The maximum Gasteiger partial charge on any atom is 0.121 e. The van der Waals surface area contributed by atoms with Gasteiger partial charge in [-0.25, -0.2) is 0 Å². The van der Waals surface area contributed by atoms with Gasteiger partial charge >= 0.3 is 0 Å². The van der Waals surface area contributed by atoms with Gasteiger partial charge in [-0.15, -0.1) is 6.58 Å². The van der Waals surface area contributed by atoms with Crippen LogP contribution in [0.4, 0.5) is 0 Å². The van der Waals surface area contributed by atoms with Crippen molar-refractivity contribution in [3.8, 4) is 23.3 Å². The smallest absolute Gasteiger partial charge is 0.121 e. The van der Waals surface area contributed by atoms with Crippen molar-refractivity contribution < 1.29 is 29.2 Å². The summed E-state index contributed by atoms with van der Waals surface area (Å²) in [6, 6.07) is 15.5. The number of allylic oxidation sites excluding steroid dienone is 1. The van der Waals surface area contributed by atoms with Crippen LogP contribution in [-0.2, 0) is 22.7 Å². The number of aliphatic hydroxyl groups excluding tert-OH is 2. The van der Waals surface area contributed by atoms with E-state index in [4.69, 9.17) is 18.9 Å². The Hall–Kier alpha value is -3.34. The number of ether oxygens (including phenoxy) is 4. The first-order chi connectivity index (χ1) is 20.2. The maximum atomic E-state index is 10.9. The highest BCUT2D eigenvalue weighted by molar-refractivity contribution is 5.30. The molecule has 0 aliphatic carbocycles. The lowest BCUT2D eigenvalue weighted by Crippen LogP contribution is -2.25. The Morgan fingerprint density at radius 1 is 0.881 bits per heavy atom. The van der Waals surface area contributed by atoms with Gasteiger partial charge in [-0.1, -0.05) is 61.3 Å². The van der Waals surface area contributed by atoms with E-state index in [9.17, 15) is 10.2 Å². The molecule has 0 radical (unpaired) electrons. The van der Waals surface area contributed by atoms with Crippen molar-refractivity contribution >= 4 is 0 Å². The van der Waals surface area contributed by atoms with E-state index in [1.807, 2.05) is 88.4 Å². The number of rotatable bonds is 17. The van der Waals surface area contributed by atoms with Gasteiger partial charge in [0.2, 0.25) is 0 Å². The summed E-state index contributed by atoms with van der Waals surface area (Å²) in [4.78, 5) is 0. The van der Waals surface area contributed by atoms with Crippen LogP contribution in [0.3, 0.4) is 0 Å². The summed E-state index contributed by atoms with van der Waals surface area (Å²) in [5, 5.41) is 21.4. The molecular weight excluding hydrogens is 528 g/mol. The van der Waals surface area contributed by atoms with Crippen molar-refractivity contribution in [3.05, 3.63) is 95.6 Å². The largest absolute Gasteiger partial charge is 0.497 e. The average molecular weight is 577 g/mol. The fraction of sp³-hybridized carbons (Fsp3) is 0.444. The monoisotopic (exact) mass is 576 g/mol. The van der Waals surface area contributed by atoms with Crippen molar-refractivity contribution in [3.63, 3.8) is 0 Å². The Bertz CT molecular complexity index is 1190. The lowest BCUT2D eigenvalue weighted by Gasteiger charge is -2.21. The molecule has 0 fully saturated rings. The van der Waals surface area contributed by atoms with Crippen LogP contribution in [0.25, 0.3) is 0 Å². The minimum atomic E-state index is -0.823. The number of hydrogen-bond donors (Lipinski definition) is 2. The third-order valence-corrected chi connectivity index (χ3v) is 7.15. The first kappa shape index (κ1) is 34.9. The molecule has 0 heterocycles. The second-order valence-electron chi connectivity index (χ2n) is 10.4. The predicted molar refractivity (Wildman–Crippen MR) is 169 cm³/mol. The molecular formula is C36H48O6. The summed E-state index contributed by atoms with van der Waals surface area (Å²) in [5.41, 5.74) is 3.89. The molecule has 6 heteroatoms. The quantitative estimate of drug-likeness (QED) is 0.159. The normalized spacial score (nSPS) is 15.5. The van der Waals surface area contributed by atoms with Crippen LogP contribution < -0.4 is 9.47 Å². The Balaban J connectivity index is 1.92. The van der Waals surface area contributed by atoms with Crippen molar-refractivity contribution in [2.75, 3.05) is 14.2 Å². The maximum absolute atomic E-state index is 10.9. The molecule has 2 aromatic rings. The molecule has 228 valence electrons. The molecule has 2 aromatic carbocycles. The summed E-state index contributed by atoms with van der Waals surface area (Å²) < 4.78 is 22.5. The molecule has 0 aliphatic rings. The molecule has 0 saturated carbocycles. The second-order valence-corrected chi connectivity index (χ2v) is 10.4. The zero-order chi connectivity index (χ0) is 30.9. The molecule has 2 rings (SSSR count). The Morgan fingerprint density at radius 3 is 1.93 bits per heavy atom. The first-order valence-corrected chi connectivity index (χ1v) is 14.5. The summed E-state index contributed by atoms with van der Waals surface area (Å²) in [5.74, 6) is 7.50. The molecule has 0 amide bonds. The zero-order valence-electron chi connectivity index (χ0n) is 26.0. The lowest BCUT2D eigenvalue weighted by molar-refractivity contribution is -0.0334. The fourth-order valence-corrected chi connectivity index (χ4v) is 4.23. The van der Waals surface area contributed by atoms with Crippen molar-refractivity contribution in [2.24, 2.45) is 5.92 Å². The van der Waals surface area contributed by atoms with Crippen molar-refractivity contribution in [1.29, 1.82) is 0 Å². The van der Waals surface area contributed by atoms with Gasteiger partial charge in [-0.05, 0) is 86.6 Å². The molecule has 0 unspecified atom stereocenters. The van der Waals surface area contributed by atoms with E-state index in [1.54, 1.807) is 14.2 Å². The minimum Gasteiger partial charge on any atom is -0.497 e. The predicted octanol–water partition coefficient (Wildman–Crippen LogP) is 6.80. The molecule has 0 bridgehead atoms. The number of hydrogen-bond acceptors (Lipinski definition) is 6. The summed E-state index contributed by atoms with van der Waals surface area (Å²) >= 11 is 0. The van der Waals surface area contributed by atoms with E-state index >= 15 is 0 Å². The van der Waals surface area contributed by atoms with Crippen molar-refractivity contribution in [1.82, 2.24) is 0 Å². The standard InChI is InChI=1S/C36H48O6/c1-8-10-36(42-25-30-15-19-33(40-7)20-16-30)27(4)23-31(9-2)35(38)22-12-26(3)11-21-34(37)28(5)41-24-29-13-17-32(39-6)18-14-29/h8,11,13-20,23,28,31,34-38H,1,9-10,21,24-25H2,2-7H3/b26-11+,27-23+/t28-,31+,34+,35+,36+/m1/s1. The number of benzene rings is 2. The Morgan fingerprint density at radius 2 is 1.43 bits per heavy atom. The Kier molecular flexibility index (Phi) is 15.7. The van der Waals surface area contributed by atoms with Crippen molar-refractivity contribution in [2.45, 2.75) is 84.6 Å². The van der Waals surface area contributed by atoms with Gasteiger partial charge in [0.25, 0.3) is 0 Å². The van der Waals surface area contributed by atoms with Crippen LogP contribution in [-0.4, -0.2) is 48.8 Å². The SMILES string of the molecule is C=CC[C@H](OCc1ccc(OC)cc1)/C(C)=C/[C@H](CC)[C@@H](O)C#C/C(C)=C/C[C@H](O)[C@@H](C)OCc1ccc(OC)cc1. The van der Waals surface area contributed by atoms with Gasteiger partial charge in [-0.3, -0.25) is 0 Å². The molecule has 0 spiro atoms. The van der Waals surface area contributed by atoms with Gasteiger partial charge < -0.3 is 29.2 Å². The second kappa shape index (κ2) is 19.0. The molecule has 6 nitrogen and oxygen atoms in total. The van der Waals surface area contributed by atoms with Crippen LogP contribution >= 0.6 is 0 Å². The fourth-order valence-electron chi connectivity index (χ4n) is 4.23. The van der Waals surface area contributed by atoms with Crippen LogP contribution in [0.1, 0.15) is 58.1 Å². The minimum absolute atomic E-state index is 0.140. The summed E-state index contributed by atoms with van der Waals surface area (Å²) in [7, 11) is 3.28. The molecule has 0 saturated heterocycles. The topological polar surface area (TPSA) is 77.4 Å². The van der Waals surface area contributed by atoms with E-state index in [0.29, 0.717) is 26.1 Å².